The number of hydrogen-bond donors (Lipinski definition) is 1. The molecule has 3 heteroatoms. The fraction of sp³-hybridized carbons (Fsp3) is 0.462. The summed E-state index contributed by atoms with van der Waals surface area (Å²) in [5.41, 5.74) is 1.56. The Morgan fingerprint density at radius 1 is 1.38 bits per heavy atom. The molecule has 0 heterocycles. The number of rotatable bonds is 4. The van der Waals surface area contributed by atoms with E-state index in [2.05, 4.69) is 19.9 Å². The summed E-state index contributed by atoms with van der Waals surface area (Å²) in [7, 11) is 0. The molecule has 1 N–H and O–H groups in total. The van der Waals surface area contributed by atoms with E-state index >= 15 is 0 Å². The van der Waals surface area contributed by atoms with Crippen molar-refractivity contribution in [2.45, 2.75) is 31.8 Å². The van der Waals surface area contributed by atoms with Crippen LogP contribution in [0.5, 0.6) is 0 Å². The SMILES string of the molecule is CC(C)CSc1cc(C#N)ccc1C(C)O. The van der Waals surface area contributed by atoms with Crippen molar-refractivity contribution < 1.29 is 5.11 Å². The summed E-state index contributed by atoms with van der Waals surface area (Å²) >= 11 is 1.70. The number of hydrogen-bond acceptors (Lipinski definition) is 3. The molecule has 0 aliphatic rings. The van der Waals surface area contributed by atoms with Crippen molar-refractivity contribution in [3.8, 4) is 6.07 Å². The van der Waals surface area contributed by atoms with Gasteiger partial charge < -0.3 is 5.11 Å². The fourth-order valence-corrected chi connectivity index (χ4v) is 2.46. The number of nitrogens with zero attached hydrogens (tertiary/aromatic N) is 1. The van der Waals surface area contributed by atoms with Crippen molar-refractivity contribution in [3.05, 3.63) is 29.3 Å². The summed E-state index contributed by atoms with van der Waals surface area (Å²) < 4.78 is 0. The second kappa shape index (κ2) is 5.93. The van der Waals surface area contributed by atoms with Crippen LogP contribution in [0.3, 0.4) is 0 Å². The first-order valence-electron chi connectivity index (χ1n) is 5.39. The largest absolute Gasteiger partial charge is 0.389 e. The maximum Gasteiger partial charge on any atom is 0.0992 e. The minimum atomic E-state index is -0.484. The number of nitriles is 1. The predicted molar refractivity (Wildman–Crippen MR) is 67.4 cm³/mol. The molecule has 0 radical (unpaired) electrons. The zero-order valence-corrected chi connectivity index (χ0v) is 10.7. The zero-order chi connectivity index (χ0) is 12.1. The van der Waals surface area contributed by atoms with E-state index in [1.165, 1.54) is 0 Å². The first-order chi connectivity index (χ1) is 7.54. The monoisotopic (exact) mass is 235 g/mol. The van der Waals surface area contributed by atoms with Crippen LogP contribution in [0.2, 0.25) is 0 Å². The van der Waals surface area contributed by atoms with Gasteiger partial charge in [0.1, 0.15) is 0 Å². The molecule has 0 saturated heterocycles. The molecule has 1 unspecified atom stereocenters. The third-order valence-electron chi connectivity index (χ3n) is 2.16. The molecule has 2 nitrogen and oxygen atoms in total. The van der Waals surface area contributed by atoms with E-state index < -0.39 is 6.10 Å². The lowest BCUT2D eigenvalue weighted by molar-refractivity contribution is 0.196. The highest BCUT2D eigenvalue weighted by atomic mass is 32.2. The van der Waals surface area contributed by atoms with Crippen molar-refractivity contribution in [1.82, 2.24) is 0 Å². The van der Waals surface area contributed by atoms with E-state index in [0.717, 1.165) is 16.2 Å². The van der Waals surface area contributed by atoms with Crippen LogP contribution < -0.4 is 0 Å². The van der Waals surface area contributed by atoms with E-state index in [-0.39, 0.29) is 0 Å². The summed E-state index contributed by atoms with van der Waals surface area (Å²) in [6.07, 6.45) is -0.484. The first-order valence-corrected chi connectivity index (χ1v) is 6.38. The van der Waals surface area contributed by atoms with Crippen LogP contribution in [0.4, 0.5) is 0 Å². The second-order valence-electron chi connectivity index (χ2n) is 4.25. The van der Waals surface area contributed by atoms with Crippen LogP contribution >= 0.6 is 11.8 Å². The second-order valence-corrected chi connectivity index (χ2v) is 5.31. The third kappa shape index (κ3) is 3.55. The molecule has 86 valence electrons. The Kier molecular flexibility index (Phi) is 4.85. The van der Waals surface area contributed by atoms with Crippen molar-refractivity contribution in [2.24, 2.45) is 5.92 Å². The van der Waals surface area contributed by atoms with Gasteiger partial charge in [-0.1, -0.05) is 19.9 Å². The van der Waals surface area contributed by atoms with Gasteiger partial charge >= 0.3 is 0 Å². The van der Waals surface area contributed by atoms with Gasteiger partial charge in [-0.3, -0.25) is 0 Å². The molecular formula is C13H17NOS. The molecule has 0 bridgehead atoms. The maximum absolute atomic E-state index is 9.64. The molecule has 0 amide bonds. The molecule has 0 saturated carbocycles. The quantitative estimate of drug-likeness (QED) is 0.814. The Bertz CT molecular complexity index is 393. The summed E-state index contributed by atoms with van der Waals surface area (Å²) in [6, 6.07) is 7.57. The number of thioether (sulfide) groups is 1. The van der Waals surface area contributed by atoms with Gasteiger partial charge in [0.15, 0.2) is 0 Å². The molecule has 16 heavy (non-hydrogen) atoms. The molecule has 0 aromatic heterocycles. The topological polar surface area (TPSA) is 44.0 Å². The van der Waals surface area contributed by atoms with Crippen LogP contribution in [0.15, 0.2) is 23.1 Å². The predicted octanol–water partition coefficient (Wildman–Crippen LogP) is 3.36. The van der Waals surface area contributed by atoms with Gasteiger partial charge in [-0.15, -0.1) is 11.8 Å². The van der Waals surface area contributed by atoms with E-state index in [0.29, 0.717) is 11.5 Å². The molecule has 0 spiro atoms. The Hall–Kier alpha value is -0.980. The van der Waals surface area contributed by atoms with Gasteiger partial charge in [0.05, 0.1) is 17.7 Å². The van der Waals surface area contributed by atoms with E-state index in [1.807, 2.05) is 12.1 Å². The van der Waals surface area contributed by atoms with E-state index in [1.54, 1.807) is 24.8 Å². The number of aliphatic hydroxyl groups is 1. The minimum absolute atomic E-state index is 0.484. The van der Waals surface area contributed by atoms with Gasteiger partial charge in [0, 0.05) is 10.6 Å². The molecule has 1 aromatic rings. The average molecular weight is 235 g/mol. The van der Waals surface area contributed by atoms with Crippen molar-refractivity contribution in [3.63, 3.8) is 0 Å². The number of aliphatic hydroxyl groups excluding tert-OH is 1. The molecule has 1 atom stereocenters. The van der Waals surface area contributed by atoms with Crippen LogP contribution in [0.25, 0.3) is 0 Å². The summed E-state index contributed by atoms with van der Waals surface area (Å²) in [4.78, 5) is 1.02. The minimum Gasteiger partial charge on any atom is -0.389 e. The summed E-state index contributed by atoms with van der Waals surface area (Å²) in [6.45, 7) is 6.06. The first kappa shape index (κ1) is 13.1. The molecule has 0 fully saturated rings. The smallest absolute Gasteiger partial charge is 0.0992 e. The average Bonchev–Trinajstić information content (AvgIpc) is 2.25. The maximum atomic E-state index is 9.64. The lowest BCUT2D eigenvalue weighted by Crippen LogP contribution is -1.97. The Morgan fingerprint density at radius 3 is 2.56 bits per heavy atom. The molecule has 1 aromatic carbocycles. The highest BCUT2D eigenvalue weighted by Crippen LogP contribution is 2.29. The van der Waals surface area contributed by atoms with Gasteiger partial charge in [0.2, 0.25) is 0 Å². The highest BCUT2D eigenvalue weighted by molar-refractivity contribution is 7.99. The zero-order valence-electron chi connectivity index (χ0n) is 9.90. The highest BCUT2D eigenvalue weighted by Gasteiger charge is 2.10. The lowest BCUT2D eigenvalue weighted by Gasteiger charge is -2.13. The van der Waals surface area contributed by atoms with Crippen LogP contribution in [0, 0.1) is 17.2 Å². The Morgan fingerprint density at radius 2 is 2.06 bits per heavy atom. The van der Waals surface area contributed by atoms with E-state index in [9.17, 15) is 5.11 Å². The molecular weight excluding hydrogens is 218 g/mol. The van der Waals surface area contributed by atoms with Crippen molar-refractivity contribution in [2.75, 3.05) is 5.75 Å². The Balaban J connectivity index is 2.97. The van der Waals surface area contributed by atoms with Gasteiger partial charge in [-0.2, -0.15) is 5.26 Å². The molecule has 0 aliphatic heterocycles. The van der Waals surface area contributed by atoms with Gasteiger partial charge in [0.25, 0.3) is 0 Å². The van der Waals surface area contributed by atoms with E-state index in [4.69, 9.17) is 5.26 Å². The van der Waals surface area contributed by atoms with Crippen molar-refractivity contribution >= 4 is 11.8 Å². The molecule has 0 aliphatic carbocycles. The summed E-state index contributed by atoms with van der Waals surface area (Å²) in [5, 5.41) is 18.5. The fourth-order valence-electron chi connectivity index (χ4n) is 1.33. The standard InChI is InChI=1S/C13H17NOS/c1-9(2)8-16-13-6-11(7-14)4-5-12(13)10(3)15/h4-6,9-10,15H,8H2,1-3H3. The lowest BCUT2D eigenvalue weighted by atomic mass is 10.1. The van der Waals surface area contributed by atoms with Crippen LogP contribution in [0.1, 0.15) is 38.0 Å². The Labute approximate surface area is 101 Å². The van der Waals surface area contributed by atoms with Crippen LogP contribution in [-0.2, 0) is 0 Å². The molecule has 1 rings (SSSR count). The summed E-state index contributed by atoms with van der Waals surface area (Å²) in [5.74, 6) is 1.59. The van der Waals surface area contributed by atoms with Crippen LogP contribution in [-0.4, -0.2) is 10.9 Å². The number of benzene rings is 1. The normalized spacial score (nSPS) is 12.5. The van der Waals surface area contributed by atoms with Gasteiger partial charge in [-0.25, -0.2) is 0 Å². The third-order valence-corrected chi connectivity index (χ3v) is 3.66. The van der Waals surface area contributed by atoms with Gasteiger partial charge in [-0.05, 0) is 30.5 Å². The van der Waals surface area contributed by atoms with Crippen molar-refractivity contribution in [1.29, 1.82) is 5.26 Å².